The highest BCUT2D eigenvalue weighted by atomic mass is 35.5. The molecule has 1 aromatic carbocycles. The van der Waals surface area contributed by atoms with Crippen LogP contribution in [-0.4, -0.2) is 40.8 Å². The van der Waals surface area contributed by atoms with Crippen molar-refractivity contribution in [1.82, 2.24) is 24.5 Å². The summed E-state index contributed by atoms with van der Waals surface area (Å²) >= 11 is 5.65. The first-order valence-corrected chi connectivity index (χ1v) is 13.7. The average Bonchev–Trinajstić information content (AvgIpc) is 3.72. The van der Waals surface area contributed by atoms with Crippen molar-refractivity contribution in [3.8, 4) is 34.2 Å². The first kappa shape index (κ1) is 28.9. The normalized spacial score (nSPS) is 12.7. The molecule has 6 rings (SSSR count). The molecule has 0 atom stereocenters. The zero-order chi connectivity index (χ0) is 28.9. The fourth-order valence-electron chi connectivity index (χ4n) is 3.93. The molecule has 0 aliphatic heterocycles. The van der Waals surface area contributed by atoms with Gasteiger partial charge < -0.3 is 20.7 Å². The molecule has 0 saturated heterocycles. The van der Waals surface area contributed by atoms with Crippen LogP contribution in [-0.2, 0) is 5.25 Å². The van der Waals surface area contributed by atoms with Crippen LogP contribution in [0.5, 0.6) is 5.75 Å². The Hall–Kier alpha value is -4.05. The van der Waals surface area contributed by atoms with E-state index >= 15 is 0 Å². The summed E-state index contributed by atoms with van der Waals surface area (Å²) in [6.07, 6.45) is 5.78. The van der Waals surface area contributed by atoms with Gasteiger partial charge in [-0.3, -0.25) is 9.55 Å². The number of alkyl halides is 1. The molecule has 1 fully saturated rings. The predicted molar refractivity (Wildman–Crippen MR) is 158 cm³/mol. The minimum Gasteiger partial charge on any atom is -0.489 e. The summed E-state index contributed by atoms with van der Waals surface area (Å²) < 4.78 is 7.64. The topological polar surface area (TPSA) is 132 Å². The molecule has 9 nitrogen and oxygen atoms in total. The van der Waals surface area contributed by atoms with E-state index in [4.69, 9.17) is 32.0 Å². The number of rotatable bonds is 6. The second-order valence-corrected chi connectivity index (χ2v) is 9.10. The van der Waals surface area contributed by atoms with Gasteiger partial charge in [-0.05, 0) is 61.4 Å². The molecule has 4 aromatic heterocycles. The maximum atomic E-state index is 9.73. The number of pyridine rings is 3. The summed E-state index contributed by atoms with van der Waals surface area (Å²) in [4.78, 5) is 18.4. The molecule has 10 heteroatoms. The van der Waals surface area contributed by atoms with Crippen molar-refractivity contribution in [3.05, 3.63) is 78.6 Å². The molecule has 1 aliphatic rings. The summed E-state index contributed by atoms with van der Waals surface area (Å²) in [6, 6.07) is 17.6. The van der Waals surface area contributed by atoms with Gasteiger partial charge in [-0.25, -0.2) is 15.0 Å². The number of aliphatic hydroxyl groups is 2. The molecular weight excluding hydrogens is 528 g/mol. The molecule has 0 amide bonds. The van der Waals surface area contributed by atoms with Crippen molar-refractivity contribution in [2.24, 2.45) is 0 Å². The average molecular weight is 561 g/mol. The molecule has 208 valence electrons. The Bertz CT molecular complexity index is 1560. The van der Waals surface area contributed by atoms with Crippen molar-refractivity contribution in [2.75, 3.05) is 5.73 Å². The van der Waals surface area contributed by atoms with E-state index in [1.807, 2.05) is 62.6 Å². The van der Waals surface area contributed by atoms with Gasteiger partial charge in [0.25, 0.3) is 5.25 Å². The highest BCUT2D eigenvalue weighted by Crippen LogP contribution is 2.33. The number of imidazole rings is 1. The van der Waals surface area contributed by atoms with E-state index in [2.05, 4.69) is 9.97 Å². The Kier molecular flexibility index (Phi) is 8.99. The zero-order valence-electron chi connectivity index (χ0n) is 22.9. The lowest BCUT2D eigenvalue weighted by Crippen LogP contribution is -2.16. The van der Waals surface area contributed by atoms with Gasteiger partial charge >= 0.3 is 0 Å². The highest BCUT2D eigenvalue weighted by molar-refractivity contribution is 6.21. The fraction of sp³-hybridized carbons (Fsp3) is 0.267. The van der Waals surface area contributed by atoms with Gasteiger partial charge in [0.05, 0.1) is 29.3 Å². The number of aromatic nitrogens is 5. The Balaban J connectivity index is 0.000000886. The molecule has 0 unspecified atom stereocenters. The van der Waals surface area contributed by atoms with Gasteiger partial charge in [0.1, 0.15) is 17.1 Å². The van der Waals surface area contributed by atoms with Crippen LogP contribution in [0.4, 0.5) is 5.82 Å². The third-order valence-electron chi connectivity index (χ3n) is 5.90. The lowest BCUT2D eigenvalue weighted by Gasteiger charge is -2.15. The van der Waals surface area contributed by atoms with Crippen LogP contribution in [0.15, 0.2) is 73.1 Å². The van der Waals surface area contributed by atoms with E-state index in [0.717, 1.165) is 18.6 Å². The summed E-state index contributed by atoms with van der Waals surface area (Å²) in [5.74, 6) is 1.61. The fourth-order valence-corrected chi connectivity index (χ4v) is 4.06. The lowest BCUT2D eigenvalue weighted by atomic mass is 10.2. The van der Waals surface area contributed by atoms with Crippen LogP contribution in [0.1, 0.15) is 46.1 Å². The summed E-state index contributed by atoms with van der Waals surface area (Å²) in [5, 5.41) is 17.0. The van der Waals surface area contributed by atoms with Crippen molar-refractivity contribution in [1.29, 1.82) is 0 Å². The minimum absolute atomic E-state index is 0.131. The number of anilines is 1. The van der Waals surface area contributed by atoms with Gasteiger partial charge in [-0.15, -0.1) is 0 Å². The summed E-state index contributed by atoms with van der Waals surface area (Å²) in [7, 11) is 0. The first-order valence-electron chi connectivity index (χ1n) is 13.3. The Morgan fingerprint density at radius 2 is 1.60 bits per heavy atom. The number of fused-ring (bicyclic) bond motifs is 1. The number of halogens is 1. The Morgan fingerprint density at radius 3 is 2.20 bits per heavy atom. The molecule has 1 aliphatic carbocycles. The minimum atomic E-state index is -2.47. The molecule has 4 N–H and O–H groups in total. The van der Waals surface area contributed by atoms with Crippen LogP contribution < -0.4 is 10.5 Å². The van der Waals surface area contributed by atoms with Crippen LogP contribution in [0.2, 0.25) is 0 Å². The number of nitrogens with zero attached hydrogens (tertiary/aromatic N) is 5. The molecule has 0 bridgehead atoms. The predicted octanol–water partition coefficient (Wildman–Crippen LogP) is 6.05. The number of benzene rings is 1. The summed E-state index contributed by atoms with van der Waals surface area (Å²) in [6.45, 7) is 8.00. The molecule has 1 saturated carbocycles. The third-order valence-corrected chi connectivity index (χ3v) is 6.12. The third kappa shape index (κ3) is 6.22. The van der Waals surface area contributed by atoms with Gasteiger partial charge in [0.15, 0.2) is 11.5 Å². The van der Waals surface area contributed by atoms with Crippen LogP contribution in [0, 0.1) is 0 Å². The van der Waals surface area contributed by atoms with Crippen molar-refractivity contribution < 1.29 is 14.9 Å². The zero-order valence-corrected chi connectivity index (χ0v) is 23.7. The second-order valence-electron chi connectivity index (χ2n) is 8.58. The molecule has 0 radical (unpaired) electrons. The molecular formula is C30H33ClN6O3. The smallest absolute Gasteiger partial charge is 0.271 e. The van der Waals surface area contributed by atoms with Crippen molar-refractivity contribution in [3.63, 3.8) is 0 Å². The van der Waals surface area contributed by atoms with Crippen LogP contribution in [0.25, 0.3) is 39.6 Å². The first-order chi connectivity index (χ1) is 19.4. The van der Waals surface area contributed by atoms with Crippen LogP contribution >= 0.6 is 11.6 Å². The highest BCUT2D eigenvalue weighted by Gasteiger charge is 2.24. The van der Waals surface area contributed by atoms with Gasteiger partial charge in [-0.2, -0.15) is 0 Å². The largest absolute Gasteiger partial charge is 0.489 e. The van der Waals surface area contributed by atoms with E-state index in [1.165, 1.54) is 12.1 Å². The van der Waals surface area contributed by atoms with Crippen molar-refractivity contribution >= 4 is 28.6 Å². The molecule has 0 spiro atoms. The maximum absolute atomic E-state index is 9.73. The standard InChI is InChI=1S/C26H21ClN6O3.2C2H6/c27-26(34,35)15-3-5-16(6-4-15)33-24(19-2-1-13-29-23(19)28)32-22-12-11-21(31-25(22)33)20-10-9-18(14-30-20)36-17-7-8-17;2*1-2/h1-6,9-14,17,34-35H,7-8H2,(H2,28,29);2*1-2H3. The number of ether oxygens (including phenoxy) is 1. The van der Waals surface area contributed by atoms with E-state index < -0.39 is 5.25 Å². The van der Waals surface area contributed by atoms with Gasteiger partial charge in [0, 0.05) is 17.4 Å². The van der Waals surface area contributed by atoms with E-state index in [0.29, 0.717) is 51.5 Å². The quantitative estimate of drug-likeness (QED) is 0.169. The van der Waals surface area contributed by atoms with Gasteiger partial charge in [-0.1, -0.05) is 51.4 Å². The Morgan fingerprint density at radius 1 is 0.900 bits per heavy atom. The number of hydrogen-bond acceptors (Lipinski definition) is 8. The second kappa shape index (κ2) is 12.4. The maximum Gasteiger partial charge on any atom is 0.271 e. The van der Waals surface area contributed by atoms with Crippen LogP contribution in [0.3, 0.4) is 0 Å². The Labute approximate surface area is 238 Å². The number of nitrogens with two attached hydrogens (primary N) is 1. The van der Waals surface area contributed by atoms with Gasteiger partial charge in [0.2, 0.25) is 0 Å². The number of hydrogen-bond donors (Lipinski definition) is 3. The molecule has 4 heterocycles. The van der Waals surface area contributed by atoms with Crippen molar-refractivity contribution in [2.45, 2.75) is 51.9 Å². The van der Waals surface area contributed by atoms with E-state index in [9.17, 15) is 10.2 Å². The summed E-state index contributed by atoms with van der Waals surface area (Å²) in [5.41, 5.74) is 10.2. The molecule has 40 heavy (non-hydrogen) atoms. The monoisotopic (exact) mass is 560 g/mol. The number of nitrogen functional groups attached to an aromatic ring is 1. The van der Waals surface area contributed by atoms with E-state index in [-0.39, 0.29) is 5.56 Å². The SMILES string of the molecule is CC.CC.Nc1ncccc1-c1nc2ccc(-c3ccc(OC4CC4)cn3)nc2n1-c1ccc(C(O)(O)Cl)cc1. The van der Waals surface area contributed by atoms with E-state index in [1.54, 1.807) is 30.6 Å². The molecule has 5 aromatic rings. The lowest BCUT2D eigenvalue weighted by molar-refractivity contribution is -0.0902.